The second kappa shape index (κ2) is 14.7. The molecule has 0 bridgehead atoms. The smallest absolute Gasteiger partial charge is 0.163 e. The third-order valence-electron chi connectivity index (χ3n) is 7.15. The van der Waals surface area contributed by atoms with Crippen LogP contribution in [0.25, 0.3) is 0 Å². The minimum absolute atomic E-state index is 0.0430. The van der Waals surface area contributed by atoms with Crippen LogP contribution in [0.5, 0.6) is 0 Å². The van der Waals surface area contributed by atoms with E-state index in [1.165, 1.54) is 24.5 Å². The van der Waals surface area contributed by atoms with Gasteiger partial charge < -0.3 is 0 Å². The van der Waals surface area contributed by atoms with Crippen LogP contribution >= 0.6 is 0 Å². The van der Waals surface area contributed by atoms with Gasteiger partial charge in [0.25, 0.3) is 0 Å². The van der Waals surface area contributed by atoms with Crippen LogP contribution in [0.2, 0.25) is 0 Å². The molecule has 0 saturated heterocycles. The zero-order chi connectivity index (χ0) is 26.8. The minimum Gasteiger partial charge on any atom is -0.300 e. The summed E-state index contributed by atoms with van der Waals surface area (Å²) in [6.07, 6.45) is 8.55. The zero-order valence-corrected chi connectivity index (χ0v) is 24.2. The Hall–Kier alpha value is -1.77. The maximum absolute atomic E-state index is 13.2. The summed E-state index contributed by atoms with van der Waals surface area (Å²) in [4.78, 5) is 37.6. The Balaban J connectivity index is 0.00000194. The van der Waals surface area contributed by atoms with Gasteiger partial charge in [-0.2, -0.15) is 0 Å². The van der Waals surface area contributed by atoms with Crippen molar-refractivity contribution in [2.75, 3.05) is 0 Å². The van der Waals surface area contributed by atoms with Crippen molar-refractivity contribution in [1.29, 1.82) is 0 Å². The lowest BCUT2D eigenvalue weighted by atomic mass is 9.71. The van der Waals surface area contributed by atoms with Gasteiger partial charge in [0.1, 0.15) is 11.6 Å². The van der Waals surface area contributed by atoms with E-state index in [2.05, 4.69) is 67.5 Å². The first kappa shape index (κ1) is 31.3. The number of hydrogen-bond donors (Lipinski definition) is 0. The molecule has 0 spiro atoms. The molecule has 3 atom stereocenters. The van der Waals surface area contributed by atoms with E-state index < -0.39 is 0 Å². The van der Waals surface area contributed by atoms with E-state index >= 15 is 0 Å². The van der Waals surface area contributed by atoms with Crippen LogP contribution in [0.1, 0.15) is 134 Å². The molecule has 1 aromatic carbocycles. The summed E-state index contributed by atoms with van der Waals surface area (Å²) in [7, 11) is 0. The van der Waals surface area contributed by atoms with E-state index in [4.69, 9.17) is 0 Å². The largest absolute Gasteiger partial charge is 0.300 e. The maximum atomic E-state index is 13.2. The lowest BCUT2D eigenvalue weighted by molar-refractivity contribution is -0.129. The van der Waals surface area contributed by atoms with Crippen LogP contribution in [0.15, 0.2) is 12.1 Å². The molecule has 198 valence electrons. The maximum Gasteiger partial charge on any atom is 0.163 e. The van der Waals surface area contributed by atoms with Gasteiger partial charge in [0, 0.05) is 17.9 Å². The lowest BCUT2D eigenvalue weighted by Crippen LogP contribution is -2.30. The summed E-state index contributed by atoms with van der Waals surface area (Å²) in [5, 5.41) is 0. The van der Waals surface area contributed by atoms with Gasteiger partial charge in [-0.25, -0.2) is 0 Å². The first-order valence-corrected chi connectivity index (χ1v) is 14.0. The molecule has 1 aliphatic rings. The molecule has 0 aliphatic heterocycles. The van der Waals surface area contributed by atoms with Crippen LogP contribution < -0.4 is 0 Å². The Labute approximate surface area is 215 Å². The summed E-state index contributed by atoms with van der Waals surface area (Å²) in [6, 6.07) is 4.34. The van der Waals surface area contributed by atoms with Gasteiger partial charge in [-0.3, -0.25) is 14.4 Å². The van der Waals surface area contributed by atoms with Gasteiger partial charge in [0.15, 0.2) is 5.78 Å². The molecule has 3 unspecified atom stereocenters. The van der Waals surface area contributed by atoms with Crippen molar-refractivity contribution < 1.29 is 14.4 Å². The highest BCUT2D eigenvalue weighted by Gasteiger charge is 2.33. The topological polar surface area (TPSA) is 51.2 Å². The standard InChI is InChI=1S/C29H44O3.C3H8/c1-8-10-23(24(9-2)26(31)15-20(4)30)16-21-17-25-22(13-14-29(5,6)7)12-11-19(3)28(25)27(32)18-21;1-3-2/h11-12,21,23-24H,8-10,13-18H2,1-7H3;3H2,1-2H3. The van der Waals surface area contributed by atoms with E-state index in [-0.39, 0.29) is 46.9 Å². The fraction of sp³-hybridized carbons (Fsp3) is 0.719. The number of aryl methyl sites for hydroxylation is 2. The quantitative estimate of drug-likeness (QED) is 0.296. The average molecular weight is 485 g/mol. The molecule has 0 fully saturated rings. The molecule has 35 heavy (non-hydrogen) atoms. The monoisotopic (exact) mass is 484 g/mol. The molecular formula is C32H52O3. The van der Waals surface area contributed by atoms with Gasteiger partial charge in [0.05, 0.1) is 6.42 Å². The predicted octanol–water partition coefficient (Wildman–Crippen LogP) is 8.52. The lowest BCUT2D eigenvalue weighted by Gasteiger charge is -2.33. The van der Waals surface area contributed by atoms with E-state index in [0.717, 1.165) is 56.1 Å². The third kappa shape index (κ3) is 10.0. The second-order valence-electron chi connectivity index (χ2n) is 12.0. The second-order valence-corrected chi connectivity index (χ2v) is 12.0. The highest BCUT2D eigenvalue weighted by molar-refractivity contribution is 6.00. The summed E-state index contributed by atoms with van der Waals surface area (Å²) in [5.74, 6) is 0.755. The van der Waals surface area contributed by atoms with Crippen molar-refractivity contribution in [3.05, 3.63) is 34.4 Å². The highest BCUT2D eigenvalue weighted by Crippen LogP contribution is 2.38. The van der Waals surface area contributed by atoms with E-state index in [1.807, 2.05) is 0 Å². The molecule has 0 N–H and O–H groups in total. The minimum atomic E-state index is -0.0757. The SMILES string of the molecule is CCC.CCCC(CC1CC(=O)c2c(C)ccc(CCC(C)(C)C)c2C1)C(CC)C(=O)CC(C)=O. The van der Waals surface area contributed by atoms with Gasteiger partial charge in [-0.1, -0.05) is 79.9 Å². The van der Waals surface area contributed by atoms with Crippen molar-refractivity contribution >= 4 is 17.3 Å². The Bertz CT molecular complexity index is 843. The molecule has 0 radical (unpaired) electrons. The fourth-order valence-electron chi connectivity index (χ4n) is 5.55. The molecular weight excluding hydrogens is 432 g/mol. The van der Waals surface area contributed by atoms with E-state index in [9.17, 15) is 14.4 Å². The average Bonchev–Trinajstić information content (AvgIpc) is 2.73. The Morgan fingerprint density at radius 2 is 1.69 bits per heavy atom. The molecule has 0 heterocycles. The summed E-state index contributed by atoms with van der Waals surface area (Å²) in [5.41, 5.74) is 4.89. The molecule has 3 nitrogen and oxygen atoms in total. The van der Waals surface area contributed by atoms with Crippen LogP contribution in [-0.2, 0) is 22.4 Å². The molecule has 0 aromatic heterocycles. The molecule has 1 aromatic rings. The number of benzene rings is 1. The fourth-order valence-corrected chi connectivity index (χ4v) is 5.55. The molecule has 0 saturated carbocycles. The Morgan fingerprint density at radius 3 is 2.20 bits per heavy atom. The number of rotatable bonds is 11. The van der Waals surface area contributed by atoms with Gasteiger partial charge in [-0.05, 0) is 79.9 Å². The van der Waals surface area contributed by atoms with Crippen LogP contribution in [-0.4, -0.2) is 17.3 Å². The summed E-state index contributed by atoms with van der Waals surface area (Å²) < 4.78 is 0. The Kier molecular flexibility index (Phi) is 13.1. The van der Waals surface area contributed by atoms with E-state index in [0.29, 0.717) is 6.42 Å². The van der Waals surface area contributed by atoms with Crippen molar-refractivity contribution in [2.24, 2.45) is 23.2 Å². The van der Waals surface area contributed by atoms with Crippen molar-refractivity contribution in [3.63, 3.8) is 0 Å². The van der Waals surface area contributed by atoms with Crippen molar-refractivity contribution in [1.82, 2.24) is 0 Å². The van der Waals surface area contributed by atoms with Gasteiger partial charge >= 0.3 is 0 Å². The molecule has 2 rings (SSSR count). The predicted molar refractivity (Wildman–Crippen MR) is 148 cm³/mol. The number of hydrogen-bond acceptors (Lipinski definition) is 3. The van der Waals surface area contributed by atoms with Gasteiger partial charge in [-0.15, -0.1) is 0 Å². The highest BCUT2D eigenvalue weighted by atomic mass is 16.1. The molecule has 1 aliphatic carbocycles. The van der Waals surface area contributed by atoms with Crippen molar-refractivity contribution in [2.45, 2.75) is 127 Å². The van der Waals surface area contributed by atoms with Crippen LogP contribution in [0.4, 0.5) is 0 Å². The van der Waals surface area contributed by atoms with Gasteiger partial charge in [0.2, 0.25) is 0 Å². The third-order valence-corrected chi connectivity index (χ3v) is 7.15. The van der Waals surface area contributed by atoms with Crippen LogP contribution in [0.3, 0.4) is 0 Å². The number of carbonyl (C=O) groups is 3. The number of fused-ring (bicyclic) bond motifs is 1. The normalized spacial score (nSPS) is 17.2. The Morgan fingerprint density at radius 1 is 1.06 bits per heavy atom. The van der Waals surface area contributed by atoms with Crippen LogP contribution in [0, 0.1) is 30.1 Å². The van der Waals surface area contributed by atoms with E-state index in [1.54, 1.807) is 0 Å². The molecule has 0 amide bonds. The number of carbonyl (C=O) groups excluding carboxylic acids is 3. The number of Topliss-reactive ketones (excluding diaryl/α,β-unsaturated/α-hetero) is 3. The first-order valence-electron chi connectivity index (χ1n) is 14.0. The zero-order valence-electron chi connectivity index (χ0n) is 24.2. The van der Waals surface area contributed by atoms with Crippen molar-refractivity contribution in [3.8, 4) is 0 Å². The summed E-state index contributed by atoms with van der Waals surface area (Å²) >= 11 is 0. The number of ketones is 3. The summed E-state index contributed by atoms with van der Waals surface area (Å²) in [6.45, 7) is 18.8. The first-order chi connectivity index (χ1) is 16.4. The molecule has 3 heteroatoms.